The quantitative estimate of drug-likeness (QED) is 0.634. The summed E-state index contributed by atoms with van der Waals surface area (Å²) in [4.78, 5) is 24.2. The highest BCUT2D eigenvalue weighted by molar-refractivity contribution is 5.99. The highest BCUT2D eigenvalue weighted by Crippen LogP contribution is 2.55. The van der Waals surface area contributed by atoms with Gasteiger partial charge in [-0.15, -0.1) is 0 Å². The number of hydrogen-bond donors (Lipinski definition) is 1. The molecule has 3 aliphatic rings. The summed E-state index contributed by atoms with van der Waals surface area (Å²) in [6.07, 6.45) is 7.79. The van der Waals surface area contributed by atoms with Crippen LogP contribution < -0.4 is 0 Å². The minimum atomic E-state index is -1.26. The molecular formula is C16H24O4. The van der Waals surface area contributed by atoms with E-state index in [1.54, 1.807) is 0 Å². The molecule has 3 saturated carbocycles. The summed E-state index contributed by atoms with van der Waals surface area (Å²) in [5.74, 6) is -0.322. The van der Waals surface area contributed by atoms with Gasteiger partial charge in [0.05, 0.1) is 0 Å². The Morgan fingerprint density at radius 3 is 2.40 bits per heavy atom. The number of carboxylic acids is 1. The average Bonchev–Trinajstić information content (AvgIpc) is 3.14. The first-order valence-electron chi connectivity index (χ1n) is 7.99. The van der Waals surface area contributed by atoms with Crippen LogP contribution in [0, 0.1) is 17.3 Å². The van der Waals surface area contributed by atoms with Gasteiger partial charge in [0.15, 0.2) is 5.41 Å². The molecule has 0 heterocycles. The number of hydrogen-bond acceptors (Lipinski definition) is 3. The molecule has 4 heteroatoms. The summed E-state index contributed by atoms with van der Waals surface area (Å²) in [7, 11) is 0. The Labute approximate surface area is 119 Å². The van der Waals surface area contributed by atoms with Gasteiger partial charge in [0.2, 0.25) is 0 Å². The standard InChI is InChI=1S/C16H24O4/c1-2-16(10-11-5-6-12(16)9-11)20-14(19)15(13(17)18)7-3-4-8-15/h11-12H,2-10H2,1H3,(H,17,18). The van der Waals surface area contributed by atoms with E-state index in [1.165, 1.54) is 6.42 Å². The number of carboxylic acid groups (broad SMARTS) is 1. The first-order valence-corrected chi connectivity index (χ1v) is 7.99. The van der Waals surface area contributed by atoms with E-state index in [1.807, 2.05) is 0 Å². The van der Waals surface area contributed by atoms with E-state index < -0.39 is 17.4 Å². The fraction of sp³-hybridized carbons (Fsp3) is 0.875. The first-order chi connectivity index (χ1) is 9.52. The lowest BCUT2D eigenvalue weighted by Crippen LogP contribution is -2.46. The molecule has 0 aromatic carbocycles. The molecule has 3 rings (SSSR count). The Balaban J connectivity index is 1.79. The van der Waals surface area contributed by atoms with Gasteiger partial charge >= 0.3 is 11.9 Å². The summed E-state index contributed by atoms with van der Waals surface area (Å²) in [5.41, 5.74) is -1.63. The van der Waals surface area contributed by atoms with E-state index in [2.05, 4.69) is 6.92 Å². The molecule has 112 valence electrons. The average molecular weight is 280 g/mol. The van der Waals surface area contributed by atoms with Crippen LogP contribution in [0.2, 0.25) is 0 Å². The number of rotatable bonds is 4. The van der Waals surface area contributed by atoms with Crippen molar-refractivity contribution in [1.29, 1.82) is 0 Å². The zero-order valence-corrected chi connectivity index (χ0v) is 12.2. The molecule has 0 aromatic rings. The highest BCUT2D eigenvalue weighted by atomic mass is 16.6. The van der Waals surface area contributed by atoms with Crippen LogP contribution >= 0.6 is 0 Å². The van der Waals surface area contributed by atoms with Crippen LogP contribution in [0.15, 0.2) is 0 Å². The number of esters is 1. The number of carbonyl (C=O) groups excluding carboxylic acids is 1. The second kappa shape index (κ2) is 4.74. The molecule has 4 nitrogen and oxygen atoms in total. The molecule has 3 fully saturated rings. The Hall–Kier alpha value is -1.06. The van der Waals surface area contributed by atoms with Gasteiger partial charge in [-0.05, 0) is 56.8 Å². The van der Waals surface area contributed by atoms with E-state index in [0.717, 1.165) is 38.5 Å². The fourth-order valence-corrected chi connectivity index (χ4v) is 4.79. The van der Waals surface area contributed by atoms with Crippen LogP contribution in [0.4, 0.5) is 0 Å². The minimum absolute atomic E-state index is 0.370. The van der Waals surface area contributed by atoms with Crippen LogP contribution in [0.25, 0.3) is 0 Å². The van der Waals surface area contributed by atoms with Gasteiger partial charge in [-0.25, -0.2) is 0 Å². The monoisotopic (exact) mass is 280 g/mol. The minimum Gasteiger partial charge on any atom is -0.480 e. The van der Waals surface area contributed by atoms with Crippen molar-refractivity contribution in [1.82, 2.24) is 0 Å². The van der Waals surface area contributed by atoms with Gasteiger partial charge in [0, 0.05) is 0 Å². The maximum Gasteiger partial charge on any atom is 0.324 e. The lowest BCUT2D eigenvalue weighted by molar-refractivity contribution is -0.185. The third-order valence-electron chi connectivity index (χ3n) is 6.07. The summed E-state index contributed by atoms with van der Waals surface area (Å²) in [5, 5.41) is 9.50. The lowest BCUT2D eigenvalue weighted by Gasteiger charge is -2.38. The Morgan fingerprint density at radius 1 is 1.25 bits per heavy atom. The van der Waals surface area contributed by atoms with Crippen molar-refractivity contribution < 1.29 is 19.4 Å². The van der Waals surface area contributed by atoms with Gasteiger partial charge in [-0.1, -0.05) is 19.8 Å². The van der Waals surface area contributed by atoms with Crippen molar-refractivity contribution in [3.8, 4) is 0 Å². The van der Waals surface area contributed by atoms with Crippen molar-refractivity contribution in [2.75, 3.05) is 0 Å². The van der Waals surface area contributed by atoms with Crippen LogP contribution in [-0.2, 0) is 14.3 Å². The highest BCUT2D eigenvalue weighted by Gasteiger charge is 2.57. The SMILES string of the molecule is CCC1(OC(=O)C2(C(=O)O)CCCC2)CC2CCC1C2. The van der Waals surface area contributed by atoms with Crippen LogP contribution in [0.3, 0.4) is 0 Å². The van der Waals surface area contributed by atoms with E-state index in [0.29, 0.717) is 24.7 Å². The van der Waals surface area contributed by atoms with E-state index in [4.69, 9.17) is 4.74 Å². The second-order valence-electron chi connectivity index (χ2n) is 6.98. The third-order valence-corrected chi connectivity index (χ3v) is 6.07. The van der Waals surface area contributed by atoms with E-state index in [9.17, 15) is 14.7 Å². The zero-order valence-electron chi connectivity index (χ0n) is 12.2. The molecule has 0 spiro atoms. The van der Waals surface area contributed by atoms with Gasteiger partial charge < -0.3 is 9.84 Å². The van der Waals surface area contributed by atoms with Crippen molar-refractivity contribution >= 4 is 11.9 Å². The maximum absolute atomic E-state index is 12.6. The molecule has 3 unspecified atom stereocenters. The van der Waals surface area contributed by atoms with Crippen molar-refractivity contribution in [3.05, 3.63) is 0 Å². The van der Waals surface area contributed by atoms with Crippen LogP contribution in [0.1, 0.15) is 64.7 Å². The normalized spacial score (nSPS) is 38.0. The predicted molar refractivity (Wildman–Crippen MR) is 73.1 cm³/mol. The number of carbonyl (C=O) groups is 2. The number of aliphatic carboxylic acids is 1. The van der Waals surface area contributed by atoms with Gasteiger partial charge in [-0.3, -0.25) is 9.59 Å². The summed E-state index contributed by atoms with van der Waals surface area (Å²) < 4.78 is 5.91. The van der Waals surface area contributed by atoms with Crippen LogP contribution in [-0.4, -0.2) is 22.6 Å². The molecule has 2 bridgehead atoms. The number of ether oxygens (including phenoxy) is 1. The Kier molecular flexibility index (Phi) is 3.30. The predicted octanol–water partition coefficient (Wildman–Crippen LogP) is 3.14. The zero-order chi connectivity index (χ0) is 14.4. The number of fused-ring (bicyclic) bond motifs is 2. The summed E-state index contributed by atoms with van der Waals surface area (Å²) >= 11 is 0. The largest absolute Gasteiger partial charge is 0.480 e. The molecule has 20 heavy (non-hydrogen) atoms. The maximum atomic E-state index is 12.6. The Morgan fingerprint density at radius 2 is 1.95 bits per heavy atom. The lowest BCUT2D eigenvalue weighted by atomic mass is 9.80. The van der Waals surface area contributed by atoms with Crippen molar-refractivity contribution in [2.45, 2.75) is 70.3 Å². The molecule has 0 amide bonds. The molecule has 0 aromatic heterocycles. The Bertz CT molecular complexity index is 424. The summed E-state index contributed by atoms with van der Waals surface area (Å²) in [6.45, 7) is 2.07. The summed E-state index contributed by atoms with van der Waals surface area (Å²) in [6, 6.07) is 0. The fourth-order valence-electron chi connectivity index (χ4n) is 4.79. The molecule has 3 aliphatic carbocycles. The molecule has 1 N–H and O–H groups in total. The van der Waals surface area contributed by atoms with E-state index in [-0.39, 0.29) is 5.60 Å². The van der Waals surface area contributed by atoms with Crippen LogP contribution in [0.5, 0.6) is 0 Å². The van der Waals surface area contributed by atoms with Crippen molar-refractivity contribution in [2.24, 2.45) is 17.3 Å². The topological polar surface area (TPSA) is 63.6 Å². The third kappa shape index (κ3) is 1.87. The van der Waals surface area contributed by atoms with Crippen molar-refractivity contribution in [3.63, 3.8) is 0 Å². The molecule has 0 radical (unpaired) electrons. The molecule has 0 saturated heterocycles. The van der Waals surface area contributed by atoms with Gasteiger partial charge in [-0.2, -0.15) is 0 Å². The molecule has 3 atom stereocenters. The van der Waals surface area contributed by atoms with Gasteiger partial charge in [0.1, 0.15) is 5.60 Å². The van der Waals surface area contributed by atoms with Gasteiger partial charge in [0.25, 0.3) is 0 Å². The van der Waals surface area contributed by atoms with E-state index >= 15 is 0 Å². The second-order valence-corrected chi connectivity index (χ2v) is 6.98. The smallest absolute Gasteiger partial charge is 0.324 e. The first kappa shape index (κ1) is 13.9. The molecular weight excluding hydrogens is 256 g/mol. The molecule has 0 aliphatic heterocycles.